The van der Waals surface area contributed by atoms with Crippen molar-refractivity contribution in [3.05, 3.63) is 28.7 Å². The summed E-state index contributed by atoms with van der Waals surface area (Å²) in [6.07, 6.45) is 0.271. The van der Waals surface area contributed by atoms with Crippen LogP contribution in [0.3, 0.4) is 0 Å². The molecule has 0 bridgehead atoms. The number of halogens is 1. The normalized spacial score (nSPS) is 19.4. The molecule has 92 valence electrons. The number of aliphatic hydroxyl groups is 1. The van der Waals surface area contributed by atoms with Crippen molar-refractivity contribution in [1.82, 2.24) is 4.90 Å². The van der Waals surface area contributed by atoms with E-state index >= 15 is 0 Å². The summed E-state index contributed by atoms with van der Waals surface area (Å²) < 4.78 is 6.31. The van der Waals surface area contributed by atoms with Crippen molar-refractivity contribution in [3.8, 4) is 5.75 Å². The van der Waals surface area contributed by atoms with Gasteiger partial charge in [-0.1, -0.05) is 22.0 Å². The fraction of sp³-hybridized carbons (Fsp3) is 0.417. The molecule has 1 fully saturated rings. The zero-order valence-electron chi connectivity index (χ0n) is 9.30. The number of ether oxygens (including phenoxy) is 1. The predicted molar refractivity (Wildman–Crippen MR) is 66.8 cm³/mol. The van der Waals surface area contributed by atoms with Gasteiger partial charge in [0.25, 0.3) is 5.91 Å². The molecule has 1 aromatic rings. The first-order chi connectivity index (χ1) is 8.15. The first kappa shape index (κ1) is 12.4. The topological polar surface area (TPSA) is 49.8 Å². The van der Waals surface area contributed by atoms with E-state index in [9.17, 15) is 9.90 Å². The molecule has 17 heavy (non-hydrogen) atoms. The van der Waals surface area contributed by atoms with E-state index in [1.54, 1.807) is 11.0 Å². The van der Waals surface area contributed by atoms with Gasteiger partial charge in [-0.2, -0.15) is 0 Å². The van der Waals surface area contributed by atoms with E-state index in [2.05, 4.69) is 15.9 Å². The zero-order chi connectivity index (χ0) is 12.3. The molecule has 0 spiro atoms. The van der Waals surface area contributed by atoms with E-state index in [0.29, 0.717) is 25.3 Å². The van der Waals surface area contributed by atoms with Gasteiger partial charge in [-0.15, -0.1) is 0 Å². The maximum Gasteiger partial charge on any atom is 0.260 e. The number of carbonyl (C=O) groups excluding carboxylic acids is 1. The molecular weight excluding hydrogens is 286 g/mol. The second-order valence-corrected chi connectivity index (χ2v) is 4.94. The van der Waals surface area contributed by atoms with Crippen molar-refractivity contribution in [3.63, 3.8) is 0 Å². The van der Waals surface area contributed by atoms with Crippen molar-refractivity contribution in [1.29, 1.82) is 0 Å². The van der Waals surface area contributed by atoms with E-state index in [-0.39, 0.29) is 18.6 Å². The Hall–Kier alpha value is -1.07. The van der Waals surface area contributed by atoms with E-state index < -0.39 is 0 Å². The molecule has 0 radical (unpaired) electrons. The lowest BCUT2D eigenvalue weighted by molar-refractivity contribution is -0.132. The van der Waals surface area contributed by atoms with Gasteiger partial charge in [-0.3, -0.25) is 4.79 Å². The molecule has 1 heterocycles. The van der Waals surface area contributed by atoms with Crippen LogP contribution in [0, 0.1) is 0 Å². The Kier molecular flexibility index (Phi) is 4.02. The molecular formula is C12H14BrNO3. The Labute approximate surface area is 108 Å². The van der Waals surface area contributed by atoms with Gasteiger partial charge >= 0.3 is 0 Å². The van der Waals surface area contributed by atoms with Crippen molar-refractivity contribution in [2.45, 2.75) is 12.5 Å². The monoisotopic (exact) mass is 299 g/mol. The van der Waals surface area contributed by atoms with Gasteiger partial charge in [0, 0.05) is 17.6 Å². The highest BCUT2D eigenvalue weighted by Gasteiger charge is 2.24. The number of hydrogen-bond acceptors (Lipinski definition) is 3. The highest BCUT2D eigenvalue weighted by atomic mass is 79.9. The Morgan fingerprint density at radius 3 is 3.06 bits per heavy atom. The number of nitrogens with zero attached hydrogens (tertiary/aromatic N) is 1. The average molecular weight is 300 g/mol. The van der Waals surface area contributed by atoms with Gasteiger partial charge in [-0.05, 0) is 24.6 Å². The molecule has 0 aliphatic carbocycles. The fourth-order valence-electron chi connectivity index (χ4n) is 1.76. The number of amides is 1. The van der Waals surface area contributed by atoms with E-state index in [0.717, 1.165) is 4.47 Å². The third-order valence-electron chi connectivity index (χ3n) is 2.67. The zero-order valence-corrected chi connectivity index (χ0v) is 10.9. The molecule has 1 aliphatic rings. The molecule has 1 aliphatic heterocycles. The van der Waals surface area contributed by atoms with Crippen LogP contribution in [0.2, 0.25) is 0 Å². The SMILES string of the molecule is O=C(COc1cccc(Br)c1)N1CC[C@@H](O)C1. The quantitative estimate of drug-likeness (QED) is 0.918. The van der Waals surface area contributed by atoms with Crippen LogP contribution < -0.4 is 4.74 Å². The molecule has 0 saturated carbocycles. The van der Waals surface area contributed by atoms with E-state index in [4.69, 9.17) is 4.74 Å². The number of likely N-dealkylation sites (tertiary alicyclic amines) is 1. The van der Waals surface area contributed by atoms with Crippen LogP contribution >= 0.6 is 15.9 Å². The summed E-state index contributed by atoms with van der Waals surface area (Å²) in [5.74, 6) is 0.578. The number of carbonyl (C=O) groups is 1. The summed E-state index contributed by atoms with van der Waals surface area (Å²) in [6.45, 7) is 1.05. The second kappa shape index (κ2) is 5.51. The molecule has 4 nitrogen and oxygen atoms in total. The van der Waals surface area contributed by atoms with Crippen LogP contribution in [0.5, 0.6) is 5.75 Å². The van der Waals surface area contributed by atoms with Crippen LogP contribution in [0.25, 0.3) is 0 Å². The van der Waals surface area contributed by atoms with E-state index in [1.165, 1.54) is 0 Å². The van der Waals surface area contributed by atoms with Crippen molar-refractivity contribution in [2.24, 2.45) is 0 Å². The van der Waals surface area contributed by atoms with Crippen LogP contribution in [0.1, 0.15) is 6.42 Å². The van der Waals surface area contributed by atoms with Crippen LogP contribution in [0.4, 0.5) is 0 Å². The average Bonchev–Trinajstić information content (AvgIpc) is 2.73. The number of rotatable bonds is 3. The van der Waals surface area contributed by atoms with Crippen LogP contribution in [0.15, 0.2) is 28.7 Å². The van der Waals surface area contributed by atoms with Crippen molar-refractivity contribution < 1.29 is 14.6 Å². The molecule has 0 aromatic heterocycles. The second-order valence-electron chi connectivity index (χ2n) is 4.03. The highest BCUT2D eigenvalue weighted by Crippen LogP contribution is 2.18. The smallest absolute Gasteiger partial charge is 0.260 e. The molecule has 1 atom stereocenters. The van der Waals surface area contributed by atoms with Gasteiger partial charge < -0.3 is 14.7 Å². The van der Waals surface area contributed by atoms with Crippen molar-refractivity contribution >= 4 is 21.8 Å². The molecule has 2 rings (SSSR count). The van der Waals surface area contributed by atoms with Gasteiger partial charge in [0.05, 0.1) is 6.10 Å². The standard InChI is InChI=1S/C12H14BrNO3/c13-9-2-1-3-11(6-9)17-8-12(16)14-5-4-10(15)7-14/h1-3,6,10,15H,4-5,7-8H2/t10-/m1/s1. The first-order valence-corrected chi connectivity index (χ1v) is 6.28. The minimum absolute atomic E-state index is 0.0170. The summed E-state index contributed by atoms with van der Waals surface area (Å²) >= 11 is 3.33. The lowest BCUT2D eigenvalue weighted by atomic mass is 10.3. The Morgan fingerprint density at radius 1 is 1.59 bits per heavy atom. The minimum atomic E-state index is -0.384. The summed E-state index contributed by atoms with van der Waals surface area (Å²) in [5.41, 5.74) is 0. The lowest BCUT2D eigenvalue weighted by Crippen LogP contribution is -2.33. The third kappa shape index (κ3) is 3.44. The number of aliphatic hydroxyl groups excluding tert-OH is 1. The Balaban J connectivity index is 1.84. The van der Waals surface area contributed by atoms with Crippen molar-refractivity contribution in [2.75, 3.05) is 19.7 Å². The third-order valence-corrected chi connectivity index (χ3v) is 3.17. The van der Waals surface area contributed by atoms with Gasteiger partial charge in [0.15, 0.2) is 6.61 Å². The van der Waals surface area contributed by atoms with Gasteiger partial charge in [0.2, 0.25) is 0 Å². The molecule has 1 N–H and O–H groups in total. The maximum absolute atomic E-state index is 11.7. The minimum Gasteiger partial charge on any atom is -0.484 e. The van der Waals surface area contributed by atoms with Crippen LogP contribution in [-0.2, 0) is 4.79 Å². The molecule has 1 aromatic carbocycles. The lowest BCUT2D eigenvalue weighted by Gasteiger charge is -2.15. The Bertz CT molecular complexity index is 410. The maximum atomic E-state index is 11.7. The fourth-order valence-corrected chi connectivity index (χ4v) is 2.14. The number of hydrogen-bond donors (Lipinski definition) is 1. The number of benzene rings is 1. The largest absolute Gasteiger partial charge is 0.484 e. The van der Waals surface area contributed by atoms with Gasteiger partial charge in [0.1, 0.15) is 5.75 Å². The highest BCUT2D eigenvalue weighted by molar-refractivity contribution is 9.10. The number of β-amino-alcohol motifs (C(OH)–C–C–N with tert-alkyl or cyclic N) is 1. The Morgan fingerprint density at radius 2 is 2.41 bits per heavy atom. The summed E-state index contributed by atoms with van der Waals surface area (Å²) in [6, 6.07) is 7.36. The van der Waals surface area contributed by atoms with Crippen LogP contribution in [-0.4, -0.2) is 41.7 Å². The summed E-state index contributed by atoms with van der Waals surface area (Å²) in [7, 11) is 0. The molecule has 0 unspecified atom stereocenters. The van der Waals surface area contributed by atoms with E-state index in [1.807, 2.05) is 18.2 Å². The first-order valence-electron chi connectivity index (χ1n) is 5.49. The molecule has 1 amide bonds. The predicted octanol–water partition coefficient (Wildman–Crippen LogP) is 1.42. The van der Waals surface area contributed by atoms with Gasteiger partial charge in [-0.25, -0.2) is 0 Å². The summed E-state index contributed by atoms with van der Waals surface area (Å²) in [4.78, 5) is 13.4. The molecule has 5 heteroatoms. The molecule has 1 saturated heterocycles. The summed E-state index contributed by atoms with van der Waals surface area (Å²) in [5, 5.41) is 9.33.